The Balaban J connectivity index is 1.78. The molecule has 0 spiro atoms. The molecule has 0 aliphatic heterocycles. The minimum absolute atomic E-state index is 0.336. The zero-order chi connectivity index (χ0) is 17.2. The molecule has 0 saturated carbocycles. The van der Waals surface area contributed by atoms with Gasteiger partial charge in [-0.05, 0) is 23.8 Å². The summed E-state index contributed by atoms with van der Waals surface area (Å²) >= 11 is 0. The van der Waals surface area contributed by atoms with Crippen molar-refractivity contribution in [3.63, 3.8) is 0 Å². The highest BCUT2D eigenvalue weighted by molar-refractivity contribution is 6.11. The van der Waals surface area contributed by atoms with Crippen LogP contribution in [0.3, 0.4) is 0 Å². The number of para-hydroxylation sites is 1. The number of ether oxygens (including phenoxy) is 2. The van der Waals surface area contributed by atoms with Crippen molar-refractivity contribution in [1.82, 2.24) is 4.40 Å². The first-order valence-electron chi connectivity index (χ1n) is 8.06. The number of aromatic nitrogens is 1. The first-order valence-corrected chi connectivity index (χ1v) is 8.06. The summed E-state index contributed by atoms with van der Waals surface area (Å²) in [5.41, 5.74) is 3.44. The monoisotopic (exact) mass is 331 g/mol. The van der Waals surface area contributed by atoms with Crippen LogP contribution in [0.1, 0.15) is 15.9 Å². The minimum Gasteiger partial charge on any atom is -0.487 e. The van der Waals surface area contributed by atoms with Gasteiger partial charge in [0, 0.05) is 5.39 Å². The largest absolute Gasteiger partial charge is 0.487 e. The van der Waals surface area contributed by atoms with Crippen molar-refractivity contribution in [2.24, 2.45) is 0 Å². The highest BCUT2D eigenvalue weighted by Gasteiger charge is 2.18. The maximum absolute atomic E-state index is 12.2. The van der Waals surface area contributed by atoms with E-state index in [-0.39, 0.29) is 5.97 Å². The van der Waals surface area contributed by atoms with E-state index in [0.717, 1.165) is 27.7 Å². The minimum atomic E-state index is -0.336. The first kappa shape index (κ1) is 15.3. The molecule has 0 unspecified atom stereocenters. The average Bonchev–Trinajstić information content (AvgIpc) is 3.00. The normalized spacial score (nSPS) is 10.9. The van der Waals surface area contributed by atoms with Crippen LogP contribution in [0.5, 0.6) is 5.75 Å². The molecule has 25 heavy (non-hydrogen) atoms. The second kappa shape index (κ2) is 6.32. The summed E-state index contributed by atoms with van der Waals surface area (Å²) in [5, 5.41) is 0.870. The summed E-state index contributed by atoms with van der Waals surface area (Å²) in [6, 6.07) is 21.6. The van der Waals surface area contributed by atoms with Gasteiger partial charge in [0.2, 0.25) is 0 Å². The lowest BCUT2D eigenvalue weighted by Gasteiger charge is -2.07. The van der Waals surface area contributed by atoms with Crippen LogP contribution in [0.2, 0.25) is 0 Å². The van der Waals surface area contributed by atoms with E-state index in [2.05, 4.69) is 0 Å². The van der Waals surface area contributed by atoms with Crippen LogP contribution < -0.4 is 4.74 Å². The van der Waals surface area contributed by atoms with Crippen LogP contribution in [-0.4, -0.2) is 17.5 Å². The maximum atomic E-state index is 12.2. The van der Waals surface area contributed by atoms with Gasteiger partial charge in [0.25, 0.3) is 0 Å². The molecule has 124 valence electrons. The molecule has 2 aromatic heterocycles. The second-order valence-corrected chi connectivity index (χ2v) is 5.78. The number of methoxy groups -OCH3 is 1. The molecule has 4 rings (SSSR count). The van der Waals surface area contributed by atoms with E-state index in [1.807, 2.05) is 77.3 Å². The predicted molar refractivity (Wildman–Crippen MR) is 97.0 cm³/mol. The standard InChI is InChI=1S/C21H17NO3/c1-24-21(23)20-17-9-5-6-10-18(17)22-13-16(11-12-19(20)22)25-14-15-7-3-2-4-8-15/h2-13H,14H2,1H3. The Bertz CT molecular complexity index is 1050. The van der Waals surface area contributed by atoms with Gasteiger partial charge in [-0.15, -0.1) is 0 Å². The molecule has 4 aromatic rings. The van der Waals surface area contributed by atoms with Crippen LogP contribution in [0, 0.1) is 0 Å². The SMILES string of the molecule is COC(=O)c1c2ccccc2n2cc(OCc3ccccc3)ccc12. The van der Waals surface area contributed by atoms with E-state index >= 15 is 0 Å². The van der Waals surface area contributed by atoms with Crippen LogP contribution >= 0.6 is 0 Å². The summed E-state index contributed by atoms with van der Waals surface area (Å²) in [5.74, 6) is 0.408. The number of pyridine rings is 1. The third-order valence-electron chi connectivity index (χ3n) is 4.25. The second-order valence-electron chi connectivity index (χ2n) is 5.78. The number of carbonyl (C=O) groups excluding carboxylic acids is 1. The molecule has 0 atom stereocenters. The van der Waals surface area contributed by atoms with Gasteiger partial charge in [0.1, 0.15) is 12.4 Å². The molecular weight excluding hydrogens is 314 g/mol. The number of benzene rings is 2. The van der Waals surface area contributed by atoms with Gasteiger partial charge >= 0.3 is 5.97 Å². The predicted octanol–water partition coefficient (Wildman–Crippen LogP) is 4.46. The molecular formula is C21H17NO3. The lowest BCUT2D eigenvalue weighted by Crippen LogP contribution is -2.01. The fraction of sp³-hybridized carbons (Fsp3) is 0.0952. The fourth-order valence-corrected chi connectivity index (χ4v) is 3.06. The number of nitrogens with zero attached hydrogens (tertiary/aromatic N) is 1. The molecule has 2 aromatic carbocycles. The van der Waals surface area contributed by atoms with Gasteiger partial charge < -0.3 is 13.9 Å². The van der Waals surface area contributed by atoms with E-state index < -0.39 is 0 Å². The van der Waals surface area contributed by atoms with E-state index in [1.54, 1.807) is 0 Å². The molecule has 2 heterocycles. The van der Waals surface area contributed by atoms with E-state index in [9.17, 15) is 4.79 Å². The number of hydrogen-bond acceptors (Lipinski definition) is 3. The zero-order valence-corrected chi connectivity index (χ0v) is 13.8. The molecule has 4 nitrogen and oxygen atoms in total. The Kier molecular flexibility index (Phi) is 3.86. The summed E-state index contributed by atoms with van der Waals surface area (Å²) in [6.45, 7) is 0.495. The summed E-state index contributed by atoms with van der Waals surface area (Å²) in [7, 11) is 1.40. The number of hydrogen-bond donors (Lipinski definition) is 0. The van der Waals surface area contributed by atoms with Gasteiger partial charge in [0.15, 0.2) is 0 Å². The van der Waals surface area contributed by atoms with Crippen molar-refractivity contribution < 1.29 is 14.3 Å². The lowest BCUT2D eigenvalue weighted by molar-refractivity contribution is 0.0605. The quantitative estimate of drug-likeness (QED) is 0.518. The van der Waals surface area contributed by atoms with Gasteiger partial charge in [-0.1, -0.05) is 48.5 Å². The number of fused-ring (bicyclic) bond motifs is 3. The zero-order valence-electron chi connectivity index (χ0n) is 13.8. The first-order chi connectivity index (χ1) is 12.3. The number of rotatable bonds is 4. The lowest BCUT2D eigenvalue weighted by atomic mass is 10.1. The smallest absolute Gasteiger partial charge is 0.340 e. The van der Waals surface area contributed by atoms with Crippen LogP contribution in [-0.2, 0) is 11.3 Å². The van der Waals surface area contributed by atoms with Crippen molar-refractivity contribution in [3.05, 3.63) is 84.1 Å². The van der Waals surface area contributed by atoms with E-state index in [4.69, 9.17) is 9.47 Å². The van der Waals surface area contributed by atoms with Crippen LogP contribution in [0.4, 0.5) is 0 Å². The Morgan fingerprint density at radius 3 is 2.48 bits per heavy atom. The third-order valence-corrected chi connectivity index (χ3v) is 4.25. The Labute approximate surface area is 145 Å². The molecule has 0 aliphatic rings. The van der Waals surface area contributed by atoms with Crippen molar-refractivity contribution in [2.75, 3.05) is 7.11 Å². The highest BCUT2D eigenvalue weighted by atomic mass is 16.5. The van der Waals surface area contributed by atoms with Crippen LogP contribution in [0.25, 0.3) is 16.4 Å². The number of carbonyl (C=O) groups is 1. The Morgan fingerprint density at radius 1 is 0.920 bits per heavy atom. The molecule has 0 amide bonds. The van der Waals surface area contributed by atoms with Gasteiger partial charge in [-0.25, -0.2) is 4.79 Å². The maximum Gasteiger partial charge on any atom is 0.340 e. The molecule has 0 saturated heterocycles. The topological polar surface area (TPSA) is 39.9 Å². The van der Waals surface area contributed by atoms with Gasteiger partial charge in [-0.3, -0.25) is 0 Å². The average molecular weight is 331 g/mol. The van der Waals surface area contributed by atoms with Crippen molar-refractivity contribution in [1.29, 1.82) is 0 Å². The molecule has 0 N–H and O–H groups in total. The third kappa shape index (κ3) is 2.72. The summed E-state index contributed by atoms with van der Waals surface area (Å²) in [6.07, 6.45) is 1.91. The van der Waals surface area contributed by atoms with Gasteiger partial charge in [-0.2, -0.15) is 0 Å². The van der Waals surface area contributed by atoms with Crippen molar-refractivity contribution in [2.45, 2.75) is 6.61 Å². The Morgan fingerprint density at radius 2 is 1.68 bits per heavy atom. The van der Waals surface area contributed by atoms with E-state index in [0.29, 0.717) is 12.2 Å². The summed E-state index contributed by atoms with van der Waals surface area (Å²) < 4.78 is 12.8. The number of esters is 1. The fourth-order valence-electron chi connectivity index (χ4n) is 3.06. The molecule has 0 radical (unpaired) electrons. The molecule has 0 fully saturated rings. The molecule has 0 bridgehead atoms. The highest BCUT2D eigenvalue weighted by Crippen LogP contribution is 2.29. The van der Waals surface area contributed by atoms with Gasteiger partial charge in [0.05, 0.1) is 29.9 Å². The summed E-state index contributed by atoms with van der Waals surface area (Å²) in [4.78, 5) is 12.2. The molecule has 0 aliphatic carbocycles. The molecule has 4 heteroatoms. The van der Waals surface area contributed by atoms with Crippen LogP contribution in [0.15, 0.2) is 72.9 Å². The Hall–Kier alpha value is -3.27. The van der Waals surface area contributed by atoms with E-state index in [1.165, 1.54) is 7.11 Å². The van der Waals surface area contributed by atoms with Crippen molar-refractivity contribution in [3.8, 4) is 5.75 Å². The van der Waals surface area contributed by atoms with Crippen molar-refractivity contribution >= 4 is 22.4 Å².